The number of hydrogen-bond donors (Lipinski definition) is 0. The Kier molecular flexibility index (Phi) is 5.48. The Morgan fingerprint density at radius 2 is 1.43 bits per heavy atom. The van der Waals surface area contributed by atoms with Crippen LogP contribution in [0.15, 0.2) is 12.1 Å². The van der Waals surface area contributed by atoms with E-state index in [0.717, 1.165) is 24.3 Å². The van der Waals surface area contributed by atoms with E-state index in [0.29, 0.717) is 5.15 Å². The largest absolute Gasteiger partial charge is 0.292 e. The van der Waals surface area contributed by atoms with Gasteiger partial charge in [0.05, 0.1) is 5.69 Å². The first kappa shape index (κ1) is 15.2. The van der Waals surface area contributed by atoms with E-state index in [9.17, 15) is 0 Å². The highest BCUT2D eigenvalue weighted by Crippen LogP contribution is 2.31. The van der Waals surface area contributed by atoms with E-state index in [1.165, 1.54) is 64.2 Å². The summed E-state index contributed by atoms with van der Waals surface area (Å²) in [5.74, 6) is 0. The Morgan fingerprint density at radius 1 is 0.857 bits per heavy atom. The molecule has 1 aromatic heterocycles. The molecule has 3 nitrogen and oxygen atoms in total. The predicted molar refractivity (Wildman–Crippen MR) is 86.3 cm³/mol. The Morgan fingerprint density at radius 3 is 1.90 bits per heavy atom. The monoisotopic (exact) mass is 307 g/mol. The summed E-state index contributed by atoms with van der Waals surface area (Å²) in [6.07, 6.45) is 13.8. The number of nitrogens with zero attached hydrogens (tertiary/aromatic N) is 3. The van der Waals surface area contributed by atoms with Gasteiger partial charge in [0.1, 0.15) is 0 Å². The molecular formula is C17H26ClN3. The topological polar surface area (TPSA) is 29.0 Å². The van der Waals surface area contributed by atoms with Gasteiger partial charge in [0.15, 0.2) is 5.15 Å². The maximum Gasteiger partial charge on any atom is 0.151 e. The van der Waals surface area contributed by atoms with Crippen molar-refractivity contribution in [2.75, 3.05) is 0 Å². The molecular weight excluding hydrogens is 282 g/mol. The third-order valence-electron chi connectivity index (χ3n) is 5.12. The molecule has 21 heavy (non-hydrogen) atoms. The van der Waals surface area contributed by atoms with Gasteiger partial charge >= 0.3 is 0 Å². The standard InChI is InChI=1S/C17H26ClN3/c18-17-12-11-14(19-20-17)13-21(15-7-3-1-4-8-15)16-9-5-2-6-10-16/h11-12,15-16H,1-10,13H2. The van der Waals surface area contributed by atoms with E-state index in [4.69, 9.17) is 11.6 Å². The summed E-state index contributed by atoms with van der Waals surface area (Å²) in [5.41, 5.74) is 1.07. The van der Waals surface area contributed by atoms with Crippen LogP contribution in [0.5, 0.6) is 0 Å². The van der Waals surface area contributed by atoms with Crippen LogP contribution in [-0.2, 0) is 6.54 Å². The van der Waals surface area contributed by atoms with Crippen LogP contribution in [0.2, 0.25) is 5.15 Å². The van der Waals surface area contributed by atoms with E-state index < -0.39 is 0 Å². The molecule has 1 aromatic rings. The molecule has 1 heterocycles. The van der Waals surface area contributed by atoms with E-state index in [1.54, 1.807) is 0 Å². The molecule has 0 N–H and O–H groups in total. The highest BCUT2D eigenvalue weighted by molar-refractivity contribution is 6.29. The zero-order valence-electron chi connectivity index (χ0n) is 12.8. The Balaban J connectivity index is 1.72. The summed E-state index contributed by atoms with van der Waals surface area (Å²) in [4.78, 5) is 2.75. The summed E-state index contributed by atoms with van der Waals surface area (Å²) in [6, 6.07) is 5.40. The van der Waals surface area contributed by atoms with Crippen molar-refractivity contribution in [3.8, 4) is 0 Å². The third kappa shape index (κ3) is 4.17. The summed E-state index contributed by atoms with van der Waals surface area (Å²) < 4.78 is 0. The van der Waals surface area contributed by atoms with Crippen molar-refractivity contribution in [2.24, 2.45) is 0 Å². The summed E-state index contributed by atoms with van der Waals surface area (Å²) in [6.45, 7) is 0.944. The maximum absolute atomic E-state index is 5.86. The van der Waals surface area contributed by atoms with E-state index in [2.05, 4.69) is 15.1 Å². The molecule has 0 aliphatic heterocycles. The fourth-order valence-electron chi connectivity index (χ4n) is 4.00. The first-order valence-electron chi connectivity index (χ1n) is 8.57. The van der Waals surface area contributed by atoms with Crippen LogP contribution in [0.4, 0.5) is 0 Å². The van der Waals surface area contributed by atoms with Crippen molar-refractivity contribution < 1.29 is 0 Å². The first-order chi connectivity index (χ1) is 10.3. The minimum absolute atomic E-state index is 0.487. The fraction of sp³-hybridized carbons (Fsp3) is 0.765. The molecule has 2 fully saturated rings. The number of rotatable bonds is 4. The number of hydrogen-bond acceptors (Lipinski definition) is 3. The fourth-order valence-corrected chi connectivity index (χ4v) is 4.10. The van der Waals surface area contributed by atoms with Gasteiger partial charge in [-0.05, 0) is 37.8 Å². The van der Waals surface area contributed by atoms with Gasteiger partial charge in [-0.25, -0.2) is 0 Å². The zero-order valence-corrected chi connectivity index (χ0v) is 13.6. The van der Waals surface area contributed by atoms with Crippen LogP contribution in [0, 0.1) is 0 Å². The van der Waals surface area contributed by atoms with Crippen molar-refractivity contribution >= 4 is 11.6 Å². The van der Waals surface area contributed by atoms with Crippen molar-refractivity contribution in [1.82, 2.24) is 15.1 Å². The molecule has 0 spiro atoms. The highest BCUT2D eigenvalue weighted by atomic mass is 35.5. The molecule has 0 radical (unpaired) electrons. The molecule has 0 unspecified atom stereocenters. The van der Waals surface area contributed by atoms with E-state index >= 15 is 0 Å². The molecule has 2 aliphatic rings. The predicted octanol–water partition coefficient (Wildman–Crippen LogP) is 4.60. The van der Waals surface area contributed by atoms with Gasteiger partial charge in [0.25, 0.3) is 0 Å². The smallest absolute Gasteiger partial charge is 0.151 e. The second-order valence-corrected chi connectivity index (χ2v) is 6.99. The van der Waals surface area contributed by atoms with Crippen LogP contribution in [0.1, 0.15) is 69.9 Å². The zero-order chi connectivity index (χ0) is 14.5. The van der Waals surface area contributed by atoms with E-state index in [1.807, 2.05) is 12.1 Å². The lowest BCUT2D eigenvalue weighted by molar-refractivity contribution is 0.0716. The molecule has 0 atom stereocenters. The molecule has 0 bridgehead atoms. The molecule has 2 aliphatic carbocycles. The second kappa shape index (κ2) is 7.55. The first-order valence-corrected chi connectivity index (χ1v) is 8.94. The van der Waals surface area contributed by atoms with Gasteiger partial charge in [0, 0.05) is 18.6 Å². The normalized spacial score (nSPS) is 21.8. The molecule has 0 saturated heterocycles. The molecule has 0 aromatic carbocycles. The summed E-state index contributed by atoms with van der Waals surface area (Å²) in [5, 5.41) is 8.78. The van der Waals surface area contributed by atoms with Crippen molar-refractivity contribution in [1.29, 1.82) is 0 Å². The van der Waals surface area contributed by atoms with Crippen molar-refractivity contribution in [2.45, 2.75) is 82.8 Å². The van der Waals surface area contributed by atoms with Gasteiger partial charge in [-0.1, -0.05) is 50.1 Å². The highest BCUT2D eigenvalue weighted by Gasteiger charge is 2.29. The Bertz CT molecular complexity index is 404. The van der Waals surface area contributed by atoms with Gasteiger partial charge in [-0.2, -0.15) is 5.10 Å². The van der Waals surface area contributed by atoms with Crippen LogP contribution >= 0.6 is 11.6 Å². The van der Waals surface area contributed by atoms with Gasteiger partial charge < -0.3 is 0 Å². The minimum atomic E-state index is 0.487. The number of halogens is 1. The Labute approximate surface area is 133 Å². The molecule has 2 saturated carbocycles. The summed E-state index contributed by atoms with van der Waals surface area (Å²) in [7, 11) is 0. The second-order valence-electron chi connectivity index (χ2n) is 6.60. The van der Waals surface area contributed by atoms with Gasteiger partial charge in [-0.3, -0.25) is 4.90 Å². The minimum Gasteiger partial charge on any atom is -0.292 e. The average molecular weight is 308 g/mol. The summed E-state index contributed by atoms with van der Waals surface area (Å²) >= 11 is 5.86. The maximum atomic E-state index is 5.86. The molecule has 116 valence electrons. The molecule has 0 amide bonds. The van der Waals surface area contributed by atoms with E-state index in [-0.39, 0.29) is 0 Å². The molecule has 4 heteroatoms. The lowest BCUT2D eigenvalue weighted by Gasteiger charge is -2.41. The number of aromatic nitrogens is 2. The lowest BCUT2D eigenvalue weighted by atomic mass is 9.88. The van der Waals surface area contributed by atoms with Gasteiger partial charge in [-0.15, -0.1) is 5.10 Å². The lowest BCUT2D eigenvalue weighted by Crippen LogP contribution is -2.44. The van der Waals surface area contributed by atoms with Crippen LogP contribution in [-0.4, -0.2) is 27.2 Å². The van der Waals surface area contributed by atoms with Crippen molar-refractivity contribution in [3.05, 3.63) is 23.0 Å². The van der Waals surface area contributed by atoms with Crippen LogP contribution < -0.4 is 0 Å². The quantitative estimate of drug-likeness (QED) is 0.814. The average Bonchev–Trinajstić information content (AvgIpc) is 2.56. The van der Waals surface area contributed by atoms with Crippen molar-refractivity contribution in [3.63, 3.8) is 0 Å². The molecule has 3 rings (SSSR count). The van der Waals surface area contributed by atoms with Gasteiger partial charge in [0.2, 0.25) is 0 Å². The SMILES string of the molecule is Clc1ccc(CN(C2CCCCC2)C2CCCCC2)nn1. The third-order valence-corrected chi connectivity index (χ3v) is 5.32. The van der Waals surface area contributed by atoms with Crippen LogP contribution in [0.3, 0.4) is 0 Å². The van der Waals surface area contributed by atoms with Crippen LogP contribution in [0.25, 0.3) is 0 Å². The Hall–Kier alpha value is -0.670.